The molecule has 0 unspecified atom stereocenters. The molecule has 3 rings (SSSR count). The summed E-state index contributed by atoms with van der Waals surface area (Å²) in [4.78, 5) is 14.9. The van der Waals surface area contributed by atoms with E-state index in [-0.39, 0.29) is 24.9 Å². The Balaban J connectivity index is 1.35. The number of halogens is 2. The second kappa shape index (κ2) is 8.33. The number of urea groups is 1. The van der Waals surface area contributed by atoms with Gasteiger partial charge in [0.1, 0.15) is 12.4 Å². The topological polar surface area (TPSA) is 66.2 Å². The van der Waals surface area contributed by atoms with E-state index in [1.807, 2.05) is 30.5 Å². The minimum Gasteiger partial charge on any atom is -0.492 e. The third-order valence-corrected chi connectivity index (χ3v) is 3.90. The molecule has 5 nitrogen and oxygen atoms in total. The van der Waals surface area contributed by atoms with Crippen LogP contribution in [0.15, 0.2) is 48.7 Å². The summed E-state index contributed by atoms with van der Waals surface area (Å²) in [5.41, 5.74) is 2.21. The van der Waals surface area contributed by atoms with Crippen LogP contribution in [0, 0.1) is 11.6 Å². The average molecular weight is 359 g/mol. The van der Waals surface area contributed by atoms with Crippen molar-refractivity contribution in [2.45, 2.75) is 6.42 Å². The predicted molar refractivity (Wildman–Crippen MR) is 95.3 cm³/mol. The van der Waals surface area contributed by atoms with Gasteiger partial charge in [-0.3, -0.25) is 0 Å². The summed E-state index contributed by atoms with van der Waals surface area (Å²) in [6, 6.07) is 11.0. The number of amides is 2. The zero-order valence-corrected chi connectivity index (χ0v) is 14.0. The van der Waals surface area contributed by atoms with Crippen LogP contribution in [0.4, 0.5) is 13.6 Å². The Hall–Kier alpha value is -3.09. The molecule has 0 fully saturated rings. The number of hydrogen-bond donors (Lipinski definition) is 3. The van der Waals surface area contributed by atoms with Gasteiger partial charge in [-0.2, -0.15) is 0 Å². The van der Waals surface area contributed by atoms with Gasteiger partial charge in [-0.05, 0) is 30.2 Å². The fourth-order valence-corrected chi connectivity index (χ4v) is 2.61. The van der Waals surface area contributed by atoms with Gasteiger partial charge in [0.2, 0.25) is 0 Å². The van der Waals surface area contributed by atoms with E-state index in [0.29, 0.717) is 13.0 Å². The number of H-pyrrole nitrogens is 1. The second-order valence-electron chi connectivity index (χ2n) is 5.72. The second-order valence-corrected chi connectivity index (χ2v) is 5.72. The molecule has 0 aliphatic heterocycles. The van der Waals surface area contributed by atoms with E-state index in [1.165, 1.54) is 6.07 Å². The Kier molecular flexibility index (Phi) is 5.68. The van der Waals surface area contributed by atoms with Crippen molar-refractivity contribution in [2.75, 3.05) is 19.7 Å². The van der Waals surface area contributed by atoms with Gasteiger partial charge >= 0.3 is 6.03 Å². The van der Waals surface area contributed by atoms with Crippen molar-refractivity contribution in [2.24, 2.45) is 0 Å². The number of carbonyl (C=O) groups excluding carboxylic acids is 1. The number of aromatic nitrogens is 1. The van der Waals surface area contributed by atoms with E-state index in [2.05, 4.69) is 15.6 Å². The first-order chi connectivity index (χ1) is 12.6. The normalized spacial score (nSPS) is 10.7. The Morgan fingerprint density at radius 1 is 1.04 bits per heavy atom. The Bertz CT molecular complexity index is 895. The van der Waals surface area contributed by atoms with Gasteiger partial charge in [-0.15, -0.1) is 0 Å². The van der Waals surface area contributed by atoms with E-state index in [9.17, 15) is 13.6 Å². The summed E-state index contributed by atoms with van der Waals surface area (Å²) in [5, 5.41) is 6.57. The molecule has 0 spiro atoms. The fraction of sp³-hybridized carbons (Fsp3) is 0.211. The molecule has 2 amide bonds. The standard InChI is InChI=1S/C19H19F2N3O2/c20-16-6-5-14(11-17(16)21)26-10-9-23-19(25)22-8-7-13-12-24-18-4-2-1-3-15(13)18/h1-6,11-12,24H,7-10H2,(H2,22,23,25). The summed E-state index contributed by atoms with van der Waals surface area (Å²) in [7, 11) is 0. The molecular formula is C19H19F2N3O2. The monoisotopic (exact) mass is 359 g/mol. The fourth-order valence-electron chi connectivity index (χ4n) is 2.61. The van der Waals surface area contributed by atoms with E-state index in [4.69, 9.17) is 4.74 Å². The van der Waals surface area contributed by atoms with Crippen molar-refractivity contribution in [1.29, 1.82) is 0 Å². The zero-order chi connectivity index (χ0) is 18.4. The number of rotatable bonds is 7. The summed E-state index contributed by atoms with van der Waals surface area (Å²) in [5.74, 6) is -1.68. The number of carbonyl (C=O) groups is 1. The molecule has 0 bridgehead atoms. The van der Waals surface area contributed by atoms with Crippen LogP contribution >= 0.6 is 0 Å². The molecule has 0 saturated carbocycles. The quantitative estimate of drug-likeness (QED) is 0.566. The molecule has 3 N–H and O–H groups in total. The van der Waals surface area contributed by atoms with Crippen molar-refractivity contribution in [1.82, 2.24) is 15.6 Å². The molecule has 0 aliphatic carbocycles. The van der Waals surface area contributed by atoms with Crippen LogP contribution in [0.5, 0.6) is 5.75 Å². The molecule has 0 radical (unpaired) electrons. The number of nitrogens with one attached hydrogen (secondary N) is 3. The van der Waals surface area contributed by atoms with Crippen molar-refractivity contribution in [3.63, 3.8) is 0 Å². The van der Waals surface area contributed by atoms with Crippen LogP contribution in [0.1, 0.15) is 5.56 Å². The van der Waals surface area contributed by atoms with Gasteiger partial charge in [0, 0.05) is 29.7 Å². The maximum atomic E-state index is 13.0. The van der Waals surface area contributed by atoms with Crippen LogP contribution in [0.2, 0.25) is 0 Å². The Morgan fingerprint density at radius 3 is 2.69 bits per heavy atom. The Labute approximate surface area is 149 Å². The van der Waals surface area contributed by atoms with Gasteiger partial charge in [0.25, 0.3) is 0 Å². The van der Waals surface area contributed by atoms with Crippen molar-refractivity contribution < 1.29 is 18.3 Å². The first kappa shape index (κ1) is 17.7. The summed E-state index contributed by atoms with van der Waals surface area (Å²) >= 11 is 0. The average Bonchev–Trinajstić information content (AvgIpc) is 3.05. The molecule has 26 heavy (non-hydrogen) atoms. The highest BCUT2D eigenvalue weighted by Gasteiger charge is 2.05. The third-order valence-electron chi connectivity index (χ3n) is 3.90. The van der Waals surface area contributed by atoms with Crippen LogP contribution in [-0.4, -0.2) is 30.7 Å². The van der Waals surface area contributed by atoms with E-state index < -0.39 is 11.6 Å². The summed E-state index contributed by atoms with van der Waals surface area (Å²) in [6.45, 7) is 0.899. The number of ether oxygens (including phenoxy) is 1. The summed E-state index contributed by atoms with van der Waals surface area (Å²) < 4.78 is 31.1. The lowest BCUT2D eigenvalue weighted by atomic mass is 10.1. The zero-order valence-electron chi connectivity index (χ0n) is 14.0. The number of para-hydroxylation sites is 1. The van der Waals surface area contributed by atoms with Gasteiger partial charge < -0.3 is 20.4 Å². The van der Waals surface area contributed by atoms with E-state index >= 15 is 0 Å². The van der Waals surface area contributed by atoms with Gasteiger partial charge in [-0.25, -0.2) is 13.6 Å². The van der Waals surface area contributed by atoms with Crippen LogP contribution in [0.25, 0.3) is 10.9 Å². The van der Waals surface area contributed by atoms with Crippen LogP contribution in [-0.2, 0) is 6.42 Å². The lowest BCUT2D eigenvalue weighted by Gasteiger charge is -2.09. The van der Waals surface area contributed by atoms with E-state index in [1.54, 1.807) is 0 Å². The largest absolute Gasteiger partial charge is 0.492 e. The molecule has 1 aromatic heterocycles. The molecule has 0 atom stereocenters. The van der Waals surface area contributed by atoms with Crippen LogP contribution in [0.3, 0.4) is 0 Å². The first-order valence-corrected chi connectivity index (χ1v) is 8.28. The lowest BCUT2D eigenvalue weighted by molar-refractivity contribution is 0.236. The minimum atomic E-state index is -0.967. The van der Waals surface area contributed by atoms with Crippen LogP contribution < -0.4 is 15.4 Å². The molecule has 1 heterocycles. The third kappa shape index (κ3) is 4.50. The lowest BCUT2D eigenvalue weighted by Crippen LogP contribution is -2.38. The smallest absolute Gasteiger partial charge is 0.314 e. The number of aromatic amines is 1. The van der Waals surface area contributed by atoms with Gasteiger partial charge in [0.05, 0.1) is 6.54 Å². The highest BCUT2D eigenvalue weighted by molar-refractivity contribution is 5.83. The highest BCUT2D eigenvalue weighted by Crippen LogP contribution is 2.17. The molecule has 136 valence electrons. The summed E-state index contributed by atoms with van der Waals surface area (Å²) in [6.07, 6.45) is 2.66. The first-order valence-electron chi connectivity index (χ1n) is 8.28. The number of hydrogen-bond acceptors (Lipinski definition) is 2. The number of benzene rings is 2. The van der Waals surface area contributed by atoms with Gasteiger partial charge in [-0.1, -0.05) is 18.2 Å². The molecule has 2 aromatic carbocycles. The van der Waals surface area contributed by atoms with Crippen molar-refractivity contribution >= 4 is 16.9 Å². The van der Waals surface area contributed by atoms with E-state index in [0.717, 1.165) is 28.6 Å². The maximum Gasteiger partial charge on any atom is 0.314 e. The molecule has 7 heteroatoms. The van der Waals surface area contributed by atoms with Crippen molar-refractivity contribution in [3.8, 4) is 5.75 Å². The minimum absolute atomic E-state index is 0.154. The molecular weight excluding hydrogens is 340 g/mol. The molecule has 3 aromatic rings. The SMILES string of the molecule is O=C(NCCOc1ccc(F)c(F)c1)NCCc1c[nH]c2ccccc12. The van der Waals surface area contributed by atoms with Crippen molar-refractivity contribution in [3.05, 3.63) is 65.9 Å². The predicted octanol–water partition coefficient (Wildman–Crippen LogP) is 3.37. The maximum absolute atomic E-state index is 13.0. The highest BCUT2D eigenvalue weighted by atomic mass is 19.2. The molecule has 0 aliphatic rings. The molecule has 0 saturated heterocycles. The van der Waals surface area contributed by atoms with Gasteiger partial charge in [0.15, 0.2) is 11.6 Å². The number of fused-ring (bicyclic) bond motifs is 1. The Morgan fingerprint density at radius 2 is 1.85 bits per heavy atom.